The van der Waals surface area contributed by atoms with E-state index in [4.69, 9.17) is 10.5 Å². The Morgan fingerprint density at radius 1 is 1.00 bits per heavy atom. The normalized spacial score (nSPS) is 30.6. The van der Waals surface area contributed by atoms with Gasteiger partial charge in [-0.3, -0.25) is 4.90 Å². The van der Waals surface area contributed by atoms with Crippen molar-refractivity contribution in [1.82, 2.24) is 4.90 Å². The minimum Gasteiger partial charge on any atom is -0.375 e. The predicted molar refractivity (Wildman–Crippen MR) is 82.8 cm³/mol. The van der Waals surface area contributed by atoms with Crippen LogP contribution in [0.25, 0.3) is 0 Å². The van der Waals surface area contributed by atoms with E-state index < -0.39 is 0 Å². The Balaban J connectivity index is 1.63. The van der Waals surface area contributed by atoms with Gasteiger partial charge in [0.1, 0.15) is 0 Å². The number of hydrogen-bond acceptors (Lipinski definition) is 3. The predicted octanol–water partition coefficient (Wildman–Crippen LogP) is 3.07. The van der Waals surface area contributed by atoms with E-state index in [1.807, 2.05) is 0 Å². The first-order chi connectivity index (χ1) is 9.83. The van der Waals surface area contributed by atoms with Crippen molar-refractivity contribution < 1.29 is 4.74 Å². The summed E-state index contributed by atoms with van der Waals surface area (Å²) in [5.41, 5.74) is 5.99. The van der Waals surface area contributed by atoms with Gasteiger partial charge in [0.15, 0.2) is 0 Å². The zero-order valence-electron chi connectivity index (χ0n) is 13.0. The summed E-state index contributed by atoms with van der Waals surface area (Å²) in [4.78, 5) is 2.81. The molecule has 3 nitrogen and oxygen atoms in total. The van der Waals surface area contributed by atoms with Gasteiger partial charge in [-0.1, -0.05) is 25.7 Å². The number of nitrogens with zero attached hydrogens (tertiary/aromatic N) is 1. The van der Waals surface area contributed by atoms with Gasteiger partial charge in [0.25, 0.3) is 0 Å². The fraction of sp³-hybridized carbons (Fsp3) is 1.00. The third kappa shape index (κ3) is 3.20. The van der Waals surface area contributed by atoms with E-state index in [2.05, 4.69) is 4.90 Å². The quantitative estimate of drug-likeness (QED) is 0.841. The number of hydrogen-bond donors (Lipinski definition) is 1. The van der Waals surface area contributed by atoms with E-state index in [-0.39, 0.29) is 5.60 Å². The van der Waals surface area contributed by atoms with Crippen LogP contribution in [0.3, 0.4) is 0 Å². The van der Waals surface area contributed by atoms with Gasteiger partial charge >= 0.3 is 0 Å². The maximum Gasteiger partial charge on any atom is 0.0697 e. The van der Waals surface area contributed by atoms with Crippen molar-refractivity contribution in [2.24, 2.45) is 5.73 Å². The van der Waals surface area contributed by atoms with E-state index in [0.29, 0.717) is 0 Å². The number of nitrogens with two attached hydrogens (primary N) is 1. The highest BCUT2D eigenvalue weighted by Crippen LogP contribution is 2.41. The Morgan fingerprint density at radius 3 is 2.45 bits per heavy atom. The minimum absolute atomic E-state index is 0.242. The fourth-order valence-corrected chi connectivity index (χ4v) is 4.49. The molecule has 3 rings (SSSR count). The van der Waals surface area contributed by atoms with Crippen molar-refractivity contribution in [3.63, 3.8) is 0 Å². The SMILES string of the molecule is NCCCN(C1CCC1)C1CCOC2(CCCCC2)C1. The first kappa shape index (κ1) is 14.8. The van der Waals surface area contributed by atoms with Crippen LogP contribution in [0.2, 0.25) is 0 Å². The molecule has 0 amide bonds. The van der Waals surface area contributed by atoms with Crippen molar-refractivity contribution in [3.05, 3.63) is 0 Å². The van der Waals surface area contributed by atoms with Crippen LogP contribution in [-0.2, 0) is 4.74 Å². The lowest BCUT2D eigenvalue weighted by molar-refractivity contribution is -0.131. The van der Waals surface area contributed by atoms with Crippen LogP contribution >= 0.6 is 0 Å². The van der Waals surface area contributed by atoms with Crippen molar-refractivity contribution in [3.8, 4) is 0 Å². The topological polar surface area (TPSA) is 38.5 Å². The molecule has 0 radical (unpaired) electrons. The molecule has 116 valence electrons. The molecule has 1 heterocycles. The van der Waals surface area contributed by atoms with Gasteiger partial charge in [-0.25, -0.2) is 0 Å². The minimum atomic E-state index is 0.242. The second-order valence-corrected chi connectivity index (χ2v) is 7.20. The molecule has 1 unspecified atom stereocenters. The van der Waals surface area contributed by atoms with Crippen LogP contribution in [0.15, 0.2) is 0 Å². The first-order valence-electron chi connectivity index (χ1n) is 8.93. The molecule has 1 saturated heterocycles. The van der Waals surface area contributed by atoms with Gasteiger partial charge in [0, 0.05) is 18.7 Å². The summed E-state index contributed by atoms with van der Waals surface area (Å²) < 4.78 is 6.27. The lowest BCUT2D eigenvalue weighted by Gasteiger charge is -2.50. The van der Waals surface area contributed by atoms with E-state index in [0.717, 1.165) is 31.7 Å². The molecule has 1 spiro atoms. The molecule has 3 aliphatic rings. The van der Waals surface area contributed by atoms with E-state index in [9.17, 15) is 0 Å². The van der Waals surface area contributed by atoms with Crippen molar-refractivity contribution in [2.45, 2.75) is 88.3 Å². The summed E-state index contributed by atoms with van der Waals surface area (Å²) in [6, 6.07) is 1.61. The molecule has 2 saturated carbocycles. The van der Waals surface area contributed by atoms with Crippen LogP contribution in [-0.4, -0.2) is 42.3 Å². The summed E-state index contributed by atoms with van der Waals surface area (Å²) >= 11 is 0. The third-order valence-electron chi connectivity index (χ3n) is 5.86. The molecule has 2 N–H and O–H groups in total. The van der Waals surface area contributed by atoms with Gasteiger partial charge in [0.2, 0.25) is 0 Å². The molecule has 0 aromatic heterocycles. The molecule has 3 fully saturated rings. The molecule has 20 heavy (non-hydrogen) atoms. The van der Waals surface area contributed by atoms with Gasteiger partial charge < -0.3 is 10.5 Å². The molecule has 0 bridgehead atoms. The Labute approximate surface area is 124 Å². The smallest absolute Gasteiger partial charge is 0.0697 e. The summed E-state index contributed by atoms with van der Waals surface area (Å²) in [6.45, 7) is 3.02. The van der Waals surface area contributed by atoms with Crippen molar-refractivity contribution in [1.29, 1.82) is 0 Å². The molecule has 2 aliphatic carbocycles. The highest BCUT2D eigenvalue weighted by Gasteiger charge is 2.42. The summed E-state index contributed by atoms with van der Waals surface area (Å²) in [5, 5.41) is 0. The summed E-state index contributed by atoms with van der Waals surface area (Å²) in [7, 11) is 0. The molecule has 1 aliphatic heterocycles. The molecular formula is C17H32N2O. The zero-order valence-corrected chi connectivity index (χ0v) is 13.0. The largest absolute Gasteiger partial charge is 0.375 e. The second-order valence-electron chi connectivity index (χ2n) is 7.20. The summed E-state index contributed by atoms with van der Waals surface area (Å²) in [5.74, 6) is 0. The maximum atomic E-state index is 6.27. The fourth-order valence-electron chi connectivity index (χ4n) is 4.49. The highest BCUT2D eigenvalue weighted by molar-refractivity contribution is 4.95. The molecule has 3 heteroatoms. The monoisotopic (exact) mass is 280 g/mol. The lowest BCUT2D eigenvalue weighted by Crippen LogP contribution is -2.54. The molecule has 0 aromatic carbocycles. The zero-order chi connectivity index (χ0) is 13.8. The highest BCUT2D eigenvalue weighted by atomic mass is 16.5. The Morgan fingerprint density at radius 2 is 1.80 bits per heavy atom. The number of ether oxygens (including phenoxy) is 1. The van der Waals surface area contributed by atoms with E-state index in [1.165, 1.54) is 70.8 Å². The van der Waals surface area contributed by atoms with Crippen molar-refractivity contribution >= 4 is 0 Å². The Kier molecular flexibility index (Phi) is 5.00. The van der Waals surface area contributed by atoms with Crippen LogP contribution in [0.4, 0.5) is 0 Å². The molecule has 0 aromatic rings. The average molecular weight is 280 g/mol. The van der Waals surface area contributed by atoms with Gasteiger partial charge in [-0.05, 0) is 58.0 Å². The lowest BCUT2D eigenvalue weighted by atomic mass is 9.77. The van der Waals surface area contributed by atoms with E-state index in [1.54, 1.807) is 0 Å². The Bertz CT molecular complexity index is 292. The first-order valence-corrected chi connectivity index (χ1v) is 8.93. The molecular weight excluding hydrogens is 248 g/mol. The van der Waals surface area contributed by atoms with Gasteiger partial charge in [-0.15, -0.1) is 0 Å². The Hall–Kier alpha value is -0.120. The van der Waals surface area contributed by atoms with Crippen LogP contribution < -0.4 is 5.73 Å². The number of rotatable bonds is 5. The average Bonchev–Trinajstić information content (AvgIpc) is 2.42. The standard InChI is InChI=1S/C17H32N2O/c18-11-5-12-19(15-6-4-7-15)16-8-13-20-17(14-16)9-2-1-3-10-17/h15-16H,1-14,18H2. The molecule has 1 atom stereocenters. The van der Waals surface area contributed by atoms with Crippen LogP contribution in [0.5, 0.6) is 0 Å². The van der Waals surface area contributed by atoms with Crippen LogP contribution in [0, 0.1) is 0 Å². The second kappa shape index (κ2) is 6.76. The summed E-state index contributed by atoms with van der Waals surface area (Å²) in [6.07, 6.45) is 14.7. The van der Waals surface area contributed by atoms with Gasteiger partial charge in [-0.2, -0.15) is 0 Å². The van der Waals surface area contributed by atoms with Crippen LogP contribution in [0.1, 0.15) is 70.6 Å². The van der Waals surface area contributed by atoms with E-state index >= 15 is 0 Å². The third-order valence-corrected chi connectivity index (χ3v) is 5.86. The van der Waals surface area contributed by atoms with Gasteiger partial charge in [0.05, 0.1) is 5.60 Å². The van der Waals surface area contributed by atoms with Crippen molar-refractivity contribution in [2.75, 3.05) is 19.7 Å². The maximum absolute atomic E-state index is 6.27.